The van der Waals surface area contributed by atoms with Crippen molar-refractivity contribution >= 4 is 17.9 Å². The first-order valence-electron chi connectivity index (χ1n) is 7.79. The third-order valence-corrected chi connectivity index (χ3v) is 4.01. The maximum absolute atomic E-state index is 11.8. The fourth-order valence-electron chi connectivity index (χ4n) is 2.89. The van der Waals surface area contributed by atoms with Gasteiger partial charge >= 0.3 is 17.9 Å². The maximum atomic E-state index is 11.8. The lowest BCUT2D eigenvalue weighted by molar-refractivity contribution is 0.0644. The Morgan fingerprint density at radius 3 is 1.85 bits per heavy atom. The van der Waals surface area contributed by atoms with E-state index >= 15 is 0 Å². The van der Waals surface area contributed by atoms with Gasteiger partial charge in [0.05, 0.1) is 5.56 Å². The fraction of sp³-hybridized carbons (Fsp3) is 0. The molecule has 2 aromatic carbocycles. The second-order valence-electron chi connectivity index (χ2n) is 5.60. The fourth-order valence-corrected chi connectivity index (χ4v) is 2.89. The normalized spacial score (nSPS) is 10.4. The summed E-state index contributed by atoms with van der Waals surface area (Å²) in [4.78, 5) is 38.6. The molecule has 3 aromatic rings. The first kappa shape index (κ1) is 17.8. The predicted molar refractivity (Wildman–Crippen MR) is 96.0 cm³/mol. The molecule has 0 radical (unpaired) electrons. The van der Waals surface area contributed by atoms with Gasteiger partial charge in [-0.3, -0.25) is 0 Å². The molecular weight excluding hydrogens is 350 g/mol. The SMILES string of the molecule is O=C(O)c1cnc(C(=O)O)c(C(=O)O)c1-c1ccccc1-c1ccccc1. The summed E-state index contributed by atoms with van der Waals surface area (Å²) in [5, 5.41) is 28.5. The van der Waals surface area contributed by atoms with Crippen molar-refractivity contribution < 1.29 is 29.7 Å². The van der Waals surface area contributed by atoms with Crippen LogP contribution in [0.25, 0.3) is 22.3 Å². The number of carbonyl (C=O) groups is 3. The minimum atomic E-state index is -1.57. The minimum Gasteiger partial charge on any atom is -0.478 e. The maximum Gasteiger partial charge on any atom is 0.355 e. The van der Waals surface area contributed by atoms with Crippen LogP contribution in [0.15, 0.2) is 60.8 Å². The van der Waals surface area contributed by atoms with E-state index in [0.29, 0.717) is 11.1 Å². The summed E-state index contributed by atoms with van der Waals surface area (Å²) in [6, 6.07) is 15.6. The zero-order valence-corrected chi connectivity index (χ0v) is 13.8. The molecule has 0 aliphatic rings. The van der Waals surface area contributed by atoms with Crippen molar-refractivity contribution in [3.05, 3.63) is 77.6 Å². The van der Waals surface area contributed by atoms with E-state index in [1.807, 2.05) is 6.07 Å². The van der Waals surface area contributed by atoms with E-state index in [-0.39, 0.29) is 11.1 Å². The molecule has 7 nitrogen and oxygen atoms in total. The first-order valence-corrected chi connectivity index (χ1v) is 7.79. The van der Waals surface area contributed by atoms with E-state index in [1.165, 1.54) is 0 Å². The summed E-state index contributed by atoms with van der Waals surface area (Å²) >= 11 is 0. The van der Waals surface area contributed by atoms with Gasteiger partial charge in [-0.1, -0.05) is 54.6 Å². The molecule has 0 unspecified atom stereocenters. The zero-order chi connectivity index (χ0) is 19.6. The summed E-state index contributed by atoms with van der Waals surface area (Å²) in [7, 11) is 0. The third kappa shape index (κ3) is 3.25. The molecule has 0 atom stereocenters. The molecule has 0 aliphatic carbocycles. The van der Waals surface area contributed by atoms with Gasteiger partial charge in [0.25, 0.3) is 0 Å². The molecule has 0 saturated heterocycles. The van der Waals surface area contributed by atoms with Crippen LogP contribution in [0.5, 0.6) is 0 Å². The van der Waals surface area contributed by atoms with Gasteiger partial charge in [0.2, 0.25) is 0 Å². The molecular formula is C20H13NO6. The molecule has 0 spiro atoms. The molecule has 3 rings (SSSR count). The van der Waals surface area contributed by atoms with E-state index in [0.717, 1.165) is 11.8 Å². The van der Waals surface area contributed by atoms with Crippen molar-refractivity contribution in [1.29, 1.82) is 0 Å². The number of aromatic nitrogens is 1. The topological polar surface area (TPSA) is 125 Å². The Kier molecular flexibility index (Phi) is 4.68. The number of pyridine rings is 1. The van der Waals surface area contributed by atoms with Crippen molar-refractivity contribution in [2.45, 2.75) is 0 Å². The van der Waals surface area contributed by atoms with Crippen LogP contribution in [0.1, 0.15) is 31.2 Å². The monoisotopic (exact) mass is 363 g/mol. The molecule has 0 amide bonds. The summed E-state index contributed by atoms with van der Waals surface area (Å²) in [6.45, 7) is 0. The van der Waals surface area contributed by atoms with Gasteiger partial charge in [0.15, 0.2) is 5.69 Å². The standard InChI is InChI=1S/C20H13NO6/c22-18(23)14-10-21-17(20(26)27)16(19(24)25)15(14)13-9-5-4-8-12(13)11-6-2-1-3-7-11/h1-10H,(H,22,23)(H,24,25)(H,26,27). The molecule has 0 aliphatic heterocycles. The van der Waals surface area contributed by atoms with Crippen molar-refractivity contribution in [3.63, 3.8) is 0 Å². The lowest BCUT2D eigenvalue weighted by Crippen LogP contribution is -2.16. The first-order chi connectivity index (χ1) is 12.9. The highest BCUT2D eigenvalue weighted by molar-refractivity contribution is 6.11. The second kappa shape index (κ2) is 7.09. The van der Waals surface area contributed by atoms with Crippen molar-refractivity contribution in [2.75, 3.05) is 0 Å². The Hall–Kier alpha value is -4.00. The van der Waals surface area contributed by atoms with Gasteiger partial charge in [-0.25, -0.2) is 19.4 Å². The Bertz CT molecular complexity index is 1060. The highest BCUT2D eigenvalue weighted by Gasteiger charge is 2.29. The lowest BCUT2D eigenvalue weighted by Gasteiger charge is -2.16. The van der Waals surface area contributed by atoms with Crippen molar-refractivity contribution in [2.24, 2.45) is 0 Å². The smallest absolute Gasteiger partial charge is 0.355 e. The Balaban J connectivity index is 2.45. The highest BCUT2D eigenvalue weighted by Crippen LogP contribution is 2.37. The average Bonchev–Trinajstić information content (AvgIpc) is 2.67. The summed E-state index contributed by atoms with van der Waals surface area (Å²) in [5.41, 5.74) is -0.359. The molecule has 3 N–H and O–H groups in total. The Morgan fingerprint density at radius 2 is 1.30 bits per heavy atom. The Morgan fingerprint density at radius 1 is 0.704 bits per heavy atom. The van der Waals surface area contributed by atoms with Gasteiger partial charge in [-0.2, -0.15) is 0 Å². The van der Waals surface area contributed by atoms with Gasteiger partial charge in [-0.15, -0.1) is 0 Å². The van der Waals surface area contributed by atoms with E-state index in [2.05, 4.69) is 4.98 Å². The van der Waals surface area contributed by atoms with Crippen LogP contribution in [0.2, 0.25) is 0 Å². The van der Waals surface area contributed by atoms with Crippen molar-refractivity contribution in [1.82, 2.24) is 4.98 Å². The summed E-state index contributed by atoms with van der Waals surface area (Å²) in [6.07, 6.45) is 0.870. The number of hydrogen-bond acceptors (Lipinski definition) is 4. The summed E-state index contributed by atoms with van der Waals surface area (Å²) in [5.74, 6) is -4.52. The molecule has 0 fully saturated rings. The number of nitrogens with zero attached hydrogens (tertiary/aromatic N) is 1. The van der Waals surface area contributed by atoms with Crippen LogP contribution in [0.3, 0.4) is 0 Å². The molecule has 7 heteroatoms. The van der Waals surface area contributed by atoms with E-state index < -0.39 is 29.2 Å². The largest absolute Gasteiger partial charge is 0.478 e. The van der Waals surface area contributed by atoms with Crippen LogP contribution < -0.4 is 0 Å². The van der Waals surface area contributed by atoms with Crippen LogP contribution in [0, 0.1) is 0 Å². The average molecular weight is 363 g/mol. The number of carboxylic acid groups (broad SMARTS) is 3. The number of hydrogen-bond donors (Lipinski definition) is 3. The second-order valence-corrected chi connectivity index (χ2v) is 5.60. The van der Waals surface area contributed by atoms with Gasteiger partial charge in [0.1, 0.15) is 5.56 Å². The molecule has 1 aromatic heterocycles. The van der Waals surface area contributed by atoms with Crippen LogP contribution in [-0.4, -0.2) is 38.2 Å². The van der Waals surface area contributed by atoms with Crippen molar-refractivity contribution in [3.8, 4) is 22.3 Å². The molecule has 0 saturated carbocycles. The lowest BCUT2D eigenvalue weighted by atomic mass is 9.88. The number of aromatic carboxylic acids is 3. The van der Waals surface area contributed by atoms with Gasteiger partial charge in [-0.05, 0) is 16.7 Å². The van der Waals surface area contributed by atoms with Crippen LogP contribution in [-0.2, 0) is 0 Å². The molecule has 0 bridgehead atoms. The third-order valence-electron chi connectivity index (χ3n) is 4.01. The summed E-state index contributed by atoms with van der Waals surface area (Å²) < 4.78 is 0. The minimum absolute atomic E-state index is 0.193. The Labute approximate surface area is 153 Å². The number of benzene rings is 2. The van der Waals surface area contributed by atoms with E-state index in [4.69, 9.17) is 0 Å². The van der Waals surface area contributed by atoms with Crippen LogP contribution in [0.4, 0.5) is 0 Å². The number of rotatable bonds is 5. The quantitative estimate of drug-likeness (QED) is 0.633. The van der Waals surface area contributed by atoms with Gasteiger partial charge in [0, 0.05) is 11.8 Å². The van der Waals surface area contributed by atoms with E-state index in [1.54, 1.807) is 48.5 Å². The van der Waals surface area contributed by atoms with Gasteiger partial charge < -0.3 is 15.3 Å². The molecule has 134 valence electrons. The molecule has 27 heavy (non-hydrogen) atoms. The van der Waals surface area contributed by atoms with E-state index in [9.17, 15) is 29.7 Å². The molecule has 1 heterocycles. The number of carboxylic acids is 3. The predicted octanol–water partition coefficient (Wildman–Crippen LogP) is 3.51. The highest BCUT2D eigenvalue weighted by atomic mass is 16.4. The zero-order valence-electron chi connectivity index (χ0n) is 13.8. The van der Waals surface area contributed by atoms with Crippen LogP contribution >= 0.6 is 0 Å².